The van der Waals surface area contributed by atoms with Crippen LogP contribution in [0.3, 0.4) is 0 Å². The summed E-state index contributed by atoms with van der Waals surface area (Å²) in [5.74, 6) is -0.136. The van der Waals surface area contributed by atoms with E-state index in [0.29, 0.717) is 24.9 Å². The van der Waals surface area contributed by atoms with Crippen LogP contribution in [-0.2, 0) is 9.59 Å². The van der Waals surface area contributed by atoms with Crippen molar-refractivity contribution < 1.29 is 14.7 Å². The minimum atomic E-state index is -0.800. The topological polar surface area (TPSA) is 83.6 Å². The van der Waals surface area contributed by atoms with Gasteiger partial charge in [0.25, 0.3) is 0 Å². The van der Waals surface area contributed by atoms with Gasteiger partial charge >= 0.3 is 5.97 Å². The van der Waals surface area contributed by atoms with Crippen LogP contribution in [0.15, 0.2) is 0 Å². The summed E-state index contributed by atoms with van der Waals surface area (Å²) in [6.07, 6.45) is 3.37. The molecule has 0 spiro atoms. The van der Waals surface area contributed by atoms with Gasteiger partial charge in [-0.15, -0.1) is 0 Å². The molecule has 0 aromatic rings. The van der Waals surface area contributed by atoms with Crippen molar-refractivity contribution in [3.8, 4) is 0 Å². The van der Waals surface area contributed by atoms with Crippen LogP contribution in [0.5, 0.6) is 0 Å². The second-order valence-electron chi connectivity index (χ2n) is 5.71. The van der Waals surface area contributed by atoms with Crippen molar-refractivity contribution in [1.82, 2.24) is 4.90 Å². The first-order chi connectivity index (χ1) is 8.08. The van der Waals surface area contributed by atoms with Gasteiger partial charge in [-0.25, -0.2) is 0 Å². The maximum absolute atomic E-state index is 12.2. The van der Waals surface area contributed by atoms with Crippen molar-refractivity contribution in [3.63, 3.8) is 0 Å². The molecule has 2 bridgehead atoms. The molecule has 0 aromatic heterocycles. The molecule has 3 rings (SSSR count). The van der Waals surface area contributed by atoms with E-state index in [1.54, 1.807) is 4.90 Å². The molecule has 2 saturated carbocycles. The zero-order valence-corrected chi connectivity index (χ0v) is 9.71. The van der Waals surface area contributed by atoms with Crippen LogP contribution in [0, 0.1) is 23.7 Å². The molecule has 5 heteroatoms. The van der Waals surface area contributed by atoms with Gasteiger partial charge in [0, 0.05) is 19.1 Å². The van der Waals surface area contributed by atoms with Crippen molar-refractivity contribution in [1.29, 1.82) is 0 Å². The fraction of sp³-hybridized carbons (Fsp3) is 0.833. The number of hydrogen-bond donors (Lipinski definition) is 2. The van der Waals surface area contributed by atoms with Crippen molar-refractivity contribution in [2.24, 2.45) is 29.4 Å². The Morgan fingerprint density at radius 2 is 1.82 bits per heavy atom. The predicted molar refractivity (Wildman–Crippen MR) is 60.0 cm³/mol. The number of carboxylic acid groups (broad SMARTS) is 1. The summed E-state index contributed by atoms with van der Waals surface area (Å²) in [4.78, 5) is 24.6. The first-order valence-electron chi connectivity index (χ1n) is 6.35. The van der Waals surface area contributed by atoms with Crippen LogP contribution >= 0.6 is 0 Å². The Bertz CT molecular complexity index is 363. The number of nitrogens with zero attached hydrogens (tertiary/aromatic N) is 1. The van der Waals surface area contributed by atoms with E-state index < -0.39 is 5.97 Å². The molecule has 0 aromatic carbocycles. The fourth-order valence-corrected chi connectivity index (χ4v) is 3.73. The number of rotatable bonds is 2. The average Bonchev–Trinajstić information content (AvgIpc) is 2.73. The maximum atomic E-state index is 12.2. The molecule has 17 heavy (non-hydrogen) atoms. The second-order valence-corrected chi connectivity index (χ2v) is 5.71. The van der Waals surface area contributed by atoms with Crippen LogP contribution in [-0.4, -0.2) is 41.0 Å². The third kappa shape index (κ3) is 1.56. The lowest BCUT2D eigenvalue weighted by molar-refractivity contribution is -0.155. The van der Waals surface area contributed by atoms with E-state index in [1.807, 2.05) is 0 Å². The normalized spacial score (nSPS) is 40.4. The highest BCUT2D eigenvalue weighted by molar-refractivity contribution is 5.84. The number of aliphatic carboxylic acids is 1. The molecule has 4 atom stereocenters. The summed E-state index contributed by atoms with van der Waals surface area (Å²) >= 11 is 0. The molecule has 3 fully saturated rings. The number of carbonyl (C=O) groups is 2. The average molecular weight is 238 g/mol. The lowest BCUT2D eigenvalue weighted by atomic mass is 9.83. The van der Waals surface area contributed by atoms with Gasteiger partial charge in [-0.3, -0.25) is 9.59 Å². The van der Waals surface area contributed by atoms with Gasteiger partial charge in [-0.05, 0) is 31.1 Å². The molecule has 1 aliphatic heterocycles. The molecule has 3 aliphatic rings. The molecular formula is C12H18N2O3. The number of carbonyl (C=O) groups excluding carboxylic acids is 1. The molecule has 2 aliphatic carbocycles. The first-order valence-corrected chi connectivity index (χ1v) is 6.35. The van der Waals surface area contributed by atoms with Gasteiger partial charge < -0.3 is 15.7 Å². The Balaban J connectivity index is 1.63. The number of fused-ring (bicyclic) bond motifs is 2. The highest BCUT2D eigenvalue weighted by atomic mass is 16.4. The number of hydrogen-bond acceptors (Lipinski definition) is 3. The monoisotopic (exact) mass is 238 g/mol. The Labute approximate surface area is 100.0 Å². The van der Waals surface area contributed by atoms with Crippen molar-refractivity contribution >= 4 is 11.9 Å². The largest absolute Gasteiger partial charge is 0.481 e. The van der Waals surface area contributed by atoms with E-state index in [9.17, 15) is 9.59 Å². The van der Waals surface area contributed by atoms with Crippen LogP contribution in [0.25, 0.3) is 0 Å². The molecule has 1 heterocycles. The molecule has 1 amide bonds. The summed E-state index contributed by atoms with van der Waals surface area (Å²) in [7, 11) is 0. The van der Waals surface area contributed by atoms with Gasteiger partial charge in [0.1, 0.15) is 0 Å². The molecule has 4 unspecified atom stereocenters. The van der Waals surface area contributed by atoms with Crippen LogP contribution in [0.4, 0.5) is 0 Å². The third-order valence-corrected chi connectivity index (χ3v) is 4.81. The lowest BCUT2D eigenvalue weighted by Gasteiger charge is -2.40. The van der Waals surface area contributed by atoms with Crippen molar-refractivity contribution in [3.05, 3.63) is 0 Å². The summed E-state index contributed by atoms with van der Waals surface area (Å²) < 4.78 is 0. The van der Waals surface area contributed by atoms with Crippen molar-refractivity contribution in [2.45, 2.75) is 25.3 Å². The third-order valence-electron chi connectivity index (χ3n) is 4.81. The Kier molecular flexibility index (Phi) is 2.40. The fourth-order valence-electron chi connectivity index (χ4n) is 3.73. The minimum absolute atomic E-state index is 0.00475. The summed E-state index contributed by atoms with van der Waals surface area (Å²) in [5.41, 5.74) is 6.11. The Hall–Kier alpha value is -1.10. The Morgan fingerprint density at radius 3 is 2.35 bits per heavy atom. The second kappa shape index (κ2) is 3.70. The lowest BCUT2D eigenvalue weighted by Crippen LogP contribution is -2.57. The van der Waals surface area contributed by atoms with Gasteiger partial charge in [0.05, 0.1) is 11.8 Å². The summed E-state index contributed by atoms with van der Waals surface area (Å²) in [6, 6.07) is 0.00475. The quantitative estimate of drug-likeness (QED) is 0.704. The minimum Gasteiger partial charge on any atom is -0.481 e. The van der Waals surface area contributed by atoms with Gasteiger partial charge in [0.2, 0.25) is 5.91 Å². The van der Waals surface area contributed by atoms with E-state index in [4.69, 9.17) is 10.8 Å². The molecule has 1 saturated heterocycles. The van der Waals surface area contributed by atoms with Crippen LogP contribution in [0.2, 0.25) is 0 Å². The summed E-state index contributed by atoms with van der Waals surface area (Å²) in [6.45, 7) is 0.740. The van der Waals surface area contributed by atoms with Crippen LogP contribution < -0.4 is 5.73 Å². The molecule has 0 radical (unpaired) electrons. The molecular weight excluding hydrogens is 220 g/mol. The highest BCUT2D eigenvalue weighted by Gasteiger charge is 2.51. The first kappa shape index (κ1) is 11.0. The number of nitrogens with two attached hydrogens (primary N) is 1. The van der Waals surface area contributed by atoms with Crippen LogP contribution in [0.1, 0.15) is 19.3 Å². The van der Waals surface area contributed by atoms with Gasteiger partial charge in [-0.1, -0.05) is 0 Å². The number of likely N-dealkylation sites (tertiary alicyclic amines) is 1. The van der Waals surface area contributed by atoms with E-state index >= 15 is 0 Å². The van der Waals surface area contributed by atoms with E-state index in [2.05, 4.69) is 0 Å². The van der Waals surface area contributed by atoms with Crippen molar-refractivity contribution in [2.75, 3.05) is 13.1 Å². The van der Waals surface area contributed by atoms with E-state index in [-0.39, 0.29) is 23.8 Å². The standard InChI is InChI=1S/C12H18N2O3/c13-10-7-2-1-6(3-7)9(10)11(15)14-4-8(5-14)12(16)17/h6-10H,1-5,13H2,(H,16,17). The van der Waals surface area contributed by atoms with E-state index in [0.717, 1.165) is 19.3 Å². The van der Waals surface area contributed by atoms with Gasteiger partial charge in [-0.2, -0.15) is 0 Å². The zero-order chi connectivity index (χ0) is 12.2. The highest BCUT2D eigenvalue weighted by Crippen LogP contribution is 2.48. The Morgan fingerprint density at radius 1 is 1.18 bits per heavy atom. The molecule has 5 nitrogen and oxygen atoms in total. The van der Waals surface area contributed by atoms with E-state index in [1.165, 1.54) is 0 Å². The zero-order valence-electron chi connectivity index (χ0n) is 9.71. The molecule has 94 valence electrons. The molecule has 3 N–H and O–H groups in total. The number of carboxylic acids is 1. The maximum Gasteiger partial charge on any atom is 0.310 e. The number of amides is 1. The van der Waals surface area contributed by atoms with Gasteiger partial charge in [0.15, 0.2) is 0 Å². The SMILES string of the molecule is NC1C2CCC(C2)C1C(=O)N1CC(C(=O)O)C1. The summed E-state index contributed by atoms with van der Waals surface area (Å²) in [5, 5.41) is 8.79. The smallest absolute Gasteiger partial charge is 0.310 e. The predicted octanol–water partition coefficient (Wildman–Crippen LogP) is -0.0972.